The maximum atomic E-state index is 13.1. The molecule has 0 saturated carbocycles. The van der Waals surface area contributed by atoms with E-state index in [0.29, 0.717) is 17.9 Å². The number of nitrogens with zero attached hydrogens (tertiary/aromatic N) is 3. The molecule has 0 aliphatic carbocycles. The zero-order valence-electron chi connectivity index (χ0n) is 10.8. The number of nitrogens with one attached hydrogen (secondary N) is 1. The molecule has 3 aromatic rings. The molecule has 2 aromatic heterocycles. The van der Waals surface area contributed by atoms with Gasteiger partial charge in [0.25, 0.3) is 0 Å². The summed E-state index contributed by atoms with van der Waals surface area (Å²) < 4.78 is 27.9. The van der Waals surface area contributed by atoms with E-state index in [1.165, 1.54) is 12.1 Å². The molecule has 2 heterocycles. The Hall–Kier alpha value is -2.50. The predicted molar refractivity (Wildman–Crippen MR) is 72.2 cm³/mol. The first kappa shape index (κ1) is 12.5. The van der Waals surface area contributed by atoms with Crippen molar-refractivity contribution in [3.8, 4) is 0 Å². The second-order valence-electron chi connectivity index (χ2n) is 4.48. The number of pyridine rings is 1. The van der Waals surface area contributed by atoms with Crippen molar-refractivity contribution in [2.75, 3.05) is 5.32 Å². The average molecular weight is 274 g/mol. The van der Waals surface area contributed by atoms with Gasteiger partial charge in [0.2, 0.25) is 0 Å². The molecule has 0 saturated heterocycles. The van der Waals surface area contributed by atoms with E-state index >= 15 is 0 Å². The summed E-state index contributed by atoms with van der Waals surface area (Å²) in [5.74, 6) is -1.08. The number of hydrogen-bond donors (Lipinski definition) is 1. The molecule has 0 fully saturated rings. The van der Waals surface area contributed by atoms with Crippen LogP contribution in [0, 0.1) is 11.6 Å². The van der Waals surface area contributed by atoms with Crippen molar-refractivity contribution in [2.45, 2.75) is 6.54 Å². The molecule has 0 spiro atoms. The number of aryl methyl sites for hydroxylation is 1. The largest absolute Gasteiger partial charge is 0.364 e. The number of fused-ring (bicyclic) bond motifs is 1. The number of aromatic nitrogens is 3. The van der Waals surface area contributed by atoms with Crippen molar-refractivity contribution < 1.29 is 8.78 Å². The average Bonchev–Trinajstić information content (AvgIpc) is 2.83. The fourth-order valence-corrected chi connectivity index (χ4v) is 2.03. The molecule has 0 bridgehead atoms. The van der Waals surface area contributed by atoms with E-state index in [-0.39, 0.29) is 0 Å². The Bertz CT molecular complexity index is 767. The Morgan fingerprint density at radius 1 is 1.15 bits per heavy atom. The second kappa shape index (κ2) is 4.88. The topological polar surface area (TPSA) is 42.7 Å². The third-order valence-electron chi connectivity index (χ3n) is 3.09. The van der Waals surface area contributed by atoms with Gasteiger partial charge in [0, 0.05) is 19.8 Å². The van der Waals surface area contributed by atoms with Crippen molar-refractivity contribution in [1.29, 1.82) is 0 Å². The summed E-state index contributed by atoms with van der Waals surface area (Å²) in [5, 5.41) is 3.09. The van der Waals surface area contributed by atoms with E-state index in [4.69, 9.17) is 0 Å². The Morgan fingerprint density at radius 2 is 2.00 bits per heavy atom. The third-order valence-corrected chi connectivity index (χ3v) is 3.09. The highest BCUT2D eigenvalue weighted by Crippen LogP contribution is 2.19. The summed E-state index contributed by atoms with van der Waals surface area (Å²) in [5.41, 5.74) is 2.34. The highest BCUT2D eigenvalue weighted by atomic mass is 19.2. The van der Waals surface area contributed by atoms with Gasteiger partial charge in [-0.1, -0.05) is 6.07 Å². The molecule has 20 heavy (non-hydrogen) atoms. The van der Waals surface area contributed by atoms with Gasteiger partial charge >= 0.3 is 0 Å². The predicted octanol–water partition coefficient (Wildman–Crippen LogP) is 2.86. The molecular formula is C14H12F2N4. The highest BCUT2D eigenvalue weighted by molar-refractivity contribution is 5.85. The van der Waals surface area contributed by atoms with E-state index in [0.717, 1.165) is 17.1 Å². The van der Waals surface area contributed by atoms with Crippen LogP contribution in [0.25, 0.3) is 11.0 Å². The van der Waals surface area contributed by atoms with Gasteiger partial charge in [-0.25, -0.2) is 18.7 Å². The summed E-state index contributed by atoms with van der Waals surface area (Å²) in [4.78, 5) is 8.49. The van der Waals surface area contributed by atoms with Crippen molar-refractivity contribution >= 4 is 16.9 Å². The van der Waals surface area contributed by atoms with Crippen molar-refractivity contribution in [3.05, 3.63) is 54.0 Å². The maximum Gasteiger partial charge on any atom is 0.159 e. The first-order valence-electron chi connectivity index (χ1n) is 6.09. The lowest BCUT2D eigenvalue weighted by molar-refractivity contribution is 0.507. The molecule has 102 valence electrons. The first-order valence-corrected chi connectivity index (χ1v) is 6.09. The number of benzene rings is 1. The van der Waals surface area contributed by atoms with Gasteiger partial charge in [-0.15, -0.1) is 0 Å². The van der Waals surface area contributed by atoms with E-state index in [2.05, 4.69) is 15.3 Å². The molecule has 0 radical (unpaired) electrons. The van der Waals surface area contributed by atoms with Crippen LogP contribution in [0.15, 0.2) is 36.8 Å². The van der Waals surface area contributed by atoms with Crippen LogP contribution >= 0.6 is 0 Å². The summed E-state index contributed by atoms with van der Waals surface area (Å²) >= 11 is 0. The van der Waals surface area contributed by atoms with Gasteiger partial charge in [0.15, 0.2) is 17.5 Å². The van der Waals surface area contributed by atoms with E-state index in [1.807, 2.05) is 17.7 Å². The Balaban J connectivity index is 1.85. The van der Waals surface area contributed by atoms with Crippen LogP contribution in [0.2, 0.25) is 0 Å². The van der Waals surface area contributed by atoms with Crippen LogP contribution in [0.4, 0.5) is 14.6 Å². The maximum absolute atomic E-state index is 13.1. The number of rotatable bonds is 3. The molecule has 0 aliphatic rings. The van der Waals surface area contributed by atoms with Gasteiger partial charge in [-0.05, 0) is 23.8 Å². The number of halogens is 2. The van der Waals surface area contributed by atoms with Crippen LogP contribution in [0.1, 0.15) is 5.56 Å². The van der Waals surface area contributed by atoms with Crippen LogP contribution < -0.4 is 5.32 Å². The van der Waals surface area contributed by atoms with Gasteiger partial charge in [0.1, 0.15) is 5.52 Å². The van der Waals surface area contributed by atoms with Crippen LogP contribution in [0.3, 0.4) is 0 Å². The fraction of sp³-hybridized carbons (Fsp3) is 0.143. The minimum atomic E-state index is -0.853. The zero-order valence-corrected chi connectivity index (χ0v) is 10.8. The number of imidazole rings is 1. The quantitative estimate of drug-likeness (QED) is 0.798. The summed E-state index contributed by atoms with van der Waals surface area (Å²) in [6.07, 6.45) is 3.38. The lowest BCUT2D eigenvalue weighted by Gasteiger charge is -2.07. The van der Waals surface area contributed by atoms with Crippen molar-refractivity contribution in [2.24, 2.45) is 7.05 Å². The van der Waals surface area contributed by atoms with Gasteiger partial charge in [-0.3, -0.25) is 0 Å². The zero-order chi connectivity index (χ0) is 14.1. The normalized spacial score (nSPS) is 10.9. The van der Waals surface area contributed by atoms with E-state index in [1.54, 1.807) is 12.5 Å². The molecule has 3 rings (SSSR count). The molecule has 1 aromatic carbocycles. The molecule has 0 aliphatic heterocycles. The van der Waals surface area contributed by atoms with Crippen molar-refractivity contribution in [1.82, 2.24) is 14.5 Å². The summed E-state index contributed by atoms with van der Waals surface area (Å²) in [6.45, 7) is 0.347. The number of anilines is 1. The van der Waals surface area contributed by atoms with E-state index in [9.17, 15) is 8.78 Å². The molecule has 0 atom stereocenters. The Kier molecular flexibility index (Phi) is 3.06. The second-order valence-corrected chi connectivity index (χ2v) is 4.48. The Morgan fingerprint density at radius 3 is 2.80 bits per heavy atom. The Labute approximate surface area is 114 Å². The van der Waals surface area contributed by atoms with Crippen molar-refractivity contribution in [3.63, 3.8) is 0 Å². The monoisotopic (exact) mass is 274 g/mol. The minimum absolute atomic E-state index is 0.347. The number of hydrogen-bond acceptors (Lipinski definition) is 3. The first-order chi connectivity index (χ1) is 9.65. The molecule has 6 heteroatoms. The van der Waals surface area contributed by atoms with Crippen LogP contribution in [-0.4, -0.2) is 14.5 Å². The molecule has 4 nitrogen and oxygen atoms in total. The van der Waals surface area contributed by atoms with Gasteiger partial charge in [0.05, 0.1) is 11.8 Å². The summed E-state index contributed by atoms with van der Waals surface area (Å²) in [7, 11) is 1.90. The fourth-order valence-electron chi connectivity index (χ4n) is 2.03. The SMILES string of the molecule is Cn1cnc2c(NCc3ccc(F)c(F)c3)nccc21. The minimum Gasteiger partial charge on any atom is -0.364 e. The third kappa shape index (κ3) is 2.20. The molecular weight excluding hydrogens is 262 g/mol. The van der Waals surface area contributed by atoms with Crippen LogP contribution in [-0.2, 0) is 13.6 Å². The van der Waals surface area contributed by atoms with Gasteiger partial charge in [-0.2, -0.15) is 0 Å². The summed E-state index contributed by atoms with van der Waals surface area (Å²) in [6, 6.07) is 5.68. The van der Waals surface area contributed by atoms with Gasteiger partial charge < -0.3 is 9.88 Å². The van der Waals surface area contributed by atoms with Crippen LogP contribution in [0.5, 0.6) is 0 Å². The lowest BCUT2D eigenvalue weighted by atomic mass is 10.2. The van der Waals surface area contributed by atoms with E-state index < -0.39 is 11.6 Å². The highest BCUT2D eigenvalue weighted by Gasteiger charge is 2.07. The molecule has 1 N–H and O–H groups in total. The molecule has 0 unspecified atom stereocenters. The standard InChI is InChI=1S/C14H12F2N4/c1-20-8-19-13-12(20)4-5-17-14(13)18-7-9-2-3-10(15)11(16)6-9/h2-6,8H,7H2,1H3,(H,17,18). The molecule has 0 amide bonds. The lowest BCUT2D eigenvalue weighted by Crippen LogP contribution is -2.03. The smallest absolute Gasteiger partial charge is 0.159 e.